The van der Waals surface area contributed by atoms with Gasteiger partial charge in [0.15, 0.2) is 0 Å². The minimum atomic E-state index is -1.20. The lowest BCUT2D eigenvalue weighted by molar-refractivity contribution is 0.0455. The van der Waals surface area contributed by atoms with E-state index in [1.54, 1.807) is 12.1 Å². The Kier molecular flexibility index (Phi) is 9.23. The van der Waals surface area contributed by atoms with Gasteiger partial charge in [-0.2, -0.15) is 4.79 Å². The number of phenolic OH excluding ortho intramolecular Hbond substituents is 2. The molecule has 0 spiro atoms. The fourth-order valence-electron chi connectivity index (χ4n) is 2.84. The van der Waals surface area contributed by atoms with Crippen molar-refractivity contribution in [2.24, 2.45) is 20.8 Å². The zero-order valence-electron chi connectivity index (χ0n) is 17.1. The van der Waals surface area contributed by atoms with Crippen LogP contribution >= 0.6 is 0 Å². The third-order valence-corrected chi connectivity index (χ3v) is 4.27. The van der Waals surface area contributed by atoms with Gasteiger partial charge in [-0.15, -0.1) is 10.2 Å². The van der Waals surface area contributed by atoms with Crippen LogP contribution in [0.5, 0.6) is 11.5 Å². The molecule has 0 aromatic heterocycles. The summed E-state index contributed by atoms with van der Waals surface area (Å²) in [6.07, 6.45) is 2.13. The van der Waals surface area contributed by atoms with Crippen LogP contribution in [0.25, 0.3) is 0 Å². The van der Waals surface area contributed by atoms with Crippen LogP contribution in [0.1, 0.15) is 48.9 Å². The van der Waals surface area contributed by atoms with E-state index in [9.17, 15) is 15.0 Å². The van der Waals surface area contributed by atoms with E-state index in [1.165, 1.54) is 0 Å². The van der Waals surface area contributed by atoms with Crippen LogP contribution in [0.15, 0.2) is 57.2 Å². The van der Waals surface area contributed by atoms with Gasteiger partial charge in [0, 0.05) is 21.7 Å². The number of carbonyl (C=O) groups excluding carboxylic acids is 1. The molecule has 0 aliphatic rings. The Balaban J connectivity index is 1.78. The first-order chi connectivity index (χ1) is 14.6. The normalized spacial score (nSPS) is 11.3. The summed E-state index contributed by atoms with van der Waals surface area (Å²) in [5.74, 6) is 0.335. The number of benzene rings is 2. The molecule has 0 radical (unpaired) electrons. The van der Waals surface area contributed by atoms with Crippen molar-refractivity contribution in [3.8, 4) is 11.5 Å². The largest absolute Gasteiger partial charge is 0.565 e. The van der Waals surface area contributed by atoms with E-state index in [4.69, 9.17) is 0 Å². The summed E-state index contributed by atoms with van der Waals surface area (Å²) < 4.78 is 0. The second-order valence-electron chi connectivity index (χ2n) is 6.54. The number of phenols is 2. The van der Waals surface area contributed by atoms with Gasteiger partial charge >= 0.3 is 6.16 Å². The molecular weight excluding hydrogens is 388 g/mol. The van der Waals surface area contributed by atoms with Gasteiger partial charge in [-0.1, -0.05) is 63.1 Å². The van der Waals surface area contributed by atoms with Crippen molar-refractivity contribution in [2.75, 3.05) is 0 Å². The van der Waals surface area contributed by atoms with Crippen LogP contribution in [0, 0.1) is 0 Å². The zero-order valence-corrected chi connectivity index (χ0v) is 17.1. The molecule has 0 heterocycles. The topological polar surface area (TPSA) is 125 Å². The van der Waals surface area contributed by atoms with Crippen LogP contribution < -0.4 is 0 Å². The van der Waals surface area contributed by atoms with E-state index < -0.39 is 6.16 Å². The summed E-state index contributed by atoms with van der Waals surface area (Å²) in [6, 6.07) is 10.8. The van der Waals surface area contributed by atoms with Crippen molar-refractivity contribution < 1.29 is 24.7 Å². The zero-order chi connectivity index (χ0) is 21.8. The van der Waals surface area contributed by atoms with Crippen molar-refractivity contribution in [3.63, 3.8) is 0 Å². The second-order valence-corrected chi connectivity index (χ2v) is 6.54. The third-order valence-electron chi connectivity index (χ3n) is 4.27. The monoisotopic (exact) mass is 414 g/mol. The van der Waals surface area contributed by atoms with Gasteiger partial charge in [0.1, 0.15) is 11.5 Å². The molecule has 0 saturated carbocycles. The maximum atomic E-state index is 11.4. The lowest BCUT2D eigenvalue weighted by atomic mass is 10.1. The van der Waals surface area contributed by atoms with Crippen LogP contribution in [0.3, 0.4) is 0 Å². The highest BCUT2D eigenvalue weighted by molar-refractivity contribution is 5.59. The molecule has 2 aromatic rings. The number of aryl methyl sites for hydroxylation is 2. The number of hydrogen-bond donors (Lipinski definition) is 2. The van der Waals surface area contributed by atoms with Crippen molar-refractivity contribution in [1.29, 1.82) is 0 Å². The molecule has 0 unspecified atom stereocenters. The predicted octanol–water partition coefficient (Wildman–Crippen LogP) is 5.59. The fraction of sp³-hybridized carbons (Fsp3) is 0.381. The van der Waals surface area contributed by atoms with Crippen molar-refractivity contribution in [2.45, 2.75) is 52.6 Å². The molecule has 2 aromatic carbocycles. The SMILES string of the molecule is CCCc1cccc(C/N=N/OC(=O)O/N=N/Cc2cccc(CCC)c2O)c1O. The summed E-state index contributed by atoms with van der Waals surface area (Å²) in [4.78, 5) is 20.3. The Hall–Kier alpha value is -3.49. The van der Waals surface area contributed by atoms with E-state index in [-0.39, 0.29) is 24.6 Å². The van der Waals surface area contributed by atoms with Gasteiger partial charge in [0.2, 0.25) is 0 Å². The molecule has 0 aliphatic carbocycles. The van der Waals surface area contributed by atoms with Crippen molar-refractivity contribution in [3.05, 3.63) is 58.7 Å². The van der Waals surface area contributed by atoms with E-state index >= 15 is 0 Å². The quantitative estimate of drug-likeness (QED) is 0.387. The van der Waals surface area contributed by atoms with E-state index in [2.05, 4.69) is 30.5 Å². The summed E-state index contributed by atoms with van der Waals surface area (Å²) in [5, 5.41) is 34.2. The number of carbonyl (C=O) groups is 1. The number of nitrogens with zero attached hydrogens (tertiary/aromatic N) is 4. The summed E-state index contributed by atoms with van der Waals surface area (Å²) in [5.41, 5.74) is 2.81. The summed E-state index contributed by atoms with van der Waals surface area (Å²) >= 11 is 0. The molecule has 160 valence electrons. The highest BCUT2D eigenvalue weighted by atomic mass is 16.9. The highest BCUT2D eigenvalue weighted by Crippen LogP contribution is 2.25. The Morgan fingerprint density at radius 1 is 0.767 bits per heavy atom. The van der Waals surface area contributed by atoms with Crippen LogP contribution in [0.4, 0.5) is 4.79 Å². The van der Waals surface area contributed by atoms with Gasteiger partial charge in [-0.25, -0.2) is 0 Å². The summed E-state index contributed by atoms with van der Waals surface area (Å²) in [6.45, 7) is 4.14. The minimum Gasteiger partial charge on any atom is -0.507 e. The lowest BCUT2D eigenvalue weighted by Crippen LogP contribution is -1.98. The van der Waals surface area contributed by atoms with Crippen molar-refractivity contribution >= 4 is 6.16 Å². The Morgan fingerprint density at radius 3 is 1.57 bits per heavy atom. The van der Waals surface area contributed by atoms with Gasteiger partial charge in [-0.05, 0) is 24.0 Å². The molecule has 0 fully saturated rings. The van der Waals surface area contributed by atoms with Crippen LogP contribution in [-0.2, 0) is 35.6 Å². The molecule has 9 nitrogen and oxygen atoms in total. The molecule has 0 atom stereocenters. The molecule has 0 saturated heterocycles. The van der Waals surface area contributed by atoms with Crippen molar-refractivity contribution in [1.82, 2.24) is 0 Å². The number of aromatic hydroxyl groups is 2. The Morgan fingerprint density at radius 2 is 1.17 bits per heavy atom. The molecule has 2 N–H and O–H groups in total. The molecule has 2 rings (SSSR count). The fourth-order valence-corrected chi connectivity index (χ4v) is 2.84. The minimum absolute atomic E-state index is 0.0472. The maximum absolute atomic E-state index is 11.4. The Labute approximate surface area is 175 Å². The highest BCUT2D eigenvalue weighted by Gasteiger charge is 2.08. The van der Waals surface area contributed by atoms with Crippen LogP contribution in [0.2, 0.25) is 0 Å². The first-order valence-electron chi connectivity index (χ1n) is 9.77. The molecule has 0 bridgehead atoms. The number of hydrogen-bond acceptors (Lipinski definition) is 9. The summed E-state index contributed by atoms with van der Waals surface area (Å²) in [7, 11) is 0. The number of para-hydroxylation sites is 2. The van der Waals surface area contributed by atoms with E-state index in [0.29, 0.717) is 11.1 Å². The predicted molar refractivity (Wildman–Crippen MR) is 109 cm³/mol. The van der Waals surface area contributed by atoms with E-state index in [0.717, 1.165) is 36.8 Å². The third kappa shape index (κ3) is 6.84. The van der Waals surface area contributed by atoms with Gasteiger partial charge in [0.05, 0.1) is 13.1 Å². The first kappa shape index (κ1) is 22.8. The average molecular weight is 414 g/mol. The van der Waals surface area contributed by atoms with Crippen LogP contribution in [-0.4, -0.2) is 16.4 Å². The molecule has 9 heteroatoms. The lowest BCUT2D eigenvalue weighted by Gasteiger charge is -2.06. The first-order valence-corrected chi connectivity index (χ1v) is 9.77. The average Bonchev–Trinajstić information content (AvgIpc) is 2.74. The number of rotatable bonds is 10. The maximum Gasteiger partial charge on any atom is 0.565 e. The Bertz CT molecular complexity index is 827. The van der Waals surface area contributed by atoms with Gasteiger partial charge in [0.25, 0.3) is 0 Å². The van der Waals surface area contributed by atoms with Gasteiger partial charge in [-0.3, -0.25) is 9.68 Å². The van der Waals surface area contributed by atoms with E-state index in [1.807, 2.05) is 38.1 Å². The molecule has 0 amide bonds. The standard InChI is InChI=1S/C21H26N4O5/c1-3-7-15-9-5-11-17(19(15)26)13-22-24-29-21(28)30-25-23-14-18-12-6-10-16(8-4-2)20(18)27/h5-6,9-12,26-27H,3-4,7-8,13-14H2,1-2H3/b24-22+,25-23+. The van der Waals surface area contributed by atoms with Gasteiger partial charge < -0.3 is 10.2 Å². The smallest absolute Gasteiger partial charge is 0.507 e. The molecule has 0 aliphatic heterocycles. The molecular formula is C21H26N4O5. The molecule has 30 heavy (non-hydrogen) atoms. The second kappa shape index (κ2) is 12.2.